The average Bonchev–Trinajstić information content (AvgIpc) is 2.80. The van der Waals surface area contributed by atoms with Crippen LogP contribution in [0.1, 0.15) is 82.4 Å². The van der Waals surface area contributed by atoms with Gasteiger partial charge in [0, 0.05) is 11.4 Å². The molecule has 0 bridgehead atoms. The molecule has 0 amide bonds. The van der Waals surface area contributed by atoms with Crippen molar-refractivity contribution in [1.82, 2.24) is 0 Å². The molecule has 36 heavy (non-hydrogen) atoms. The minimum atomic E-state index is -0.946. The predicted molar refractivity (Wildman–Crippen MR) is 146 cm³/mol. The van der Waals surface area contributed by atoms with E-state index in [4.69, 9.17) is 33.0 Å². The number of hydrogen-bond acceptors (Lipinski definition) is 4. The van der Waals surface area contributed by atoms with E-state index in [1.165, 1.54) is 5.56 Å². The summed E-state index contributed by atoms with van der Waals surface area (Å²) in [6, 6.07) is 11.9. The zero-order valence-corrected chi connectivity index (χ0v) is 23.3. The smallest absolute Gasteiger partial charge is 0.303 e. The second-order valence-corrected chi connectivity index (χ2v) is 11.5. The molecule has 0 radical (unpaired) electrons. The molecule has 2 aromatic rings. The van der Waals surface area contributed by atoms with E-state index in [1.54, 1.807) is 6.07 Å². The van der Waals surface area contributed by atoms with Gasteiger partial charge in [0.1, 0.15) is 12.4 Å². The van der Waals surface area contributed by atoms with Crippen LogP contribution in [0.5, 0.6) is 5.75 Å². The van der Waals surface area contributed by atoms with Crippen molar-refractivity contribution in [3.8, 4) is 5.75 Å². The molecule has 0 saturated heterocycles. The van der Waals surface area contributed by atoms with E-state index in [2.05, 4.69) is 25.1 Å². The first kappa shape index (κ1) is 30.4. The van der Waals surface area contributed by atoms with Gasteiger partial charge in [0.05, 0.1) is 17.2 Å². The zero-order valence-electron chi connectivity index (χ0n) is 21.8. The topological polar surface area (TPSA) is 87.0 Å². The van der Waals surface area contributed by atoms with Gasteiger partial charge in [0.15, 0.2) is 0 Å². The SMILES string of the molecule is CC(CCCc1ccc(OC[C@H](O)CCC(=O)O)c(Cl)c1)c1ccc(CCC(O)C(C)(C)C)c(Cl)c1. The van der Waals surface area contributed by atoms with Crippen molar-refractivity contribution in [2.24, 2.45) is 5.41 Å². The second kappa shape index (κ2) is 14.2. The van der Waals surface area contributed by atoms with Gasteiger partial charge in [-0.05, 0) is 84.7 Å². The van der Waals surface area contributed by atoms with Crippen molar-refractivity contribution in [1.29, 1.82) is 0 Å². The van der Waals surface area contributed by atoms with Gasteiger partial charge in [-0.3, -0.25) is 4.79 Å². The third-order valence-electron chi connectivity index (χ3n) is 6.55. The summed E-state index contributed by atoms with van der Waals surface area (Å²) in [5.74, 6) is -0.104. The van der Waals surface area contributed by atoms with E-state index in [9.17, 15) is 15.0 Å². The number of benzene rings is 2. The number of hydrogen-bond donors (Lipinski definition) is 3. The van der Waals surface area contributed by atoms with Gasteiger partial charge >= 0.3 is 5.97 Å². The Morgan fingerprint density at radius 2 is 1.69 bits per heavy atom. The fourth-order valence-electron chi connectivity index (χ4n) is 3.95. The van der Waals surface area contributed by atoms with Crippen LogP contribution in [-0.2, 0) is 17.6 Å². The van der Waals surface area contributed by atoms with E-state index in [0.29, 0.717) is 23.1 Å². The molecular weight excluding hydrogens is 499 g/mol. The second-order valence-electron chi connectivity index (χ2n) is 10.7. The lowest BCUT2D eigenvalue weighted by Crippen LogP contribution is -2.26. The summed E-state index contributed by atoms with van der Waals surface area (Å²) in [5.41, 5.74) is 3.26. The maximum atomic E-state index is 10.6. The van der Waals surface area contributed by atoms with Crippen LogP contribution in [0.2, 0.25) is 10.0 Å². The summed E-state index contributed by atoms with van der Waals surface area (Å²) >= 11 is 12.9. The molecule has 3 N–H and O–H groups in total. The molecule has 0 aliphatic carbocycles. The summed E-state index contributed by atoms with van der Waals surface area (Å²) in [4.78, 5) is 10.6. The lowest BCUT2D eigenvalue weighted by molar-refractivity contribution is -0.137. The minimum absolute atomic E-state index is 0.00236. The fourth-order valence-corrected chi connectivity index (χ4v) is 4.49. The number of carbonyl (C=O) groups is 1. The Bertz CT molecular complexity index is 986. The van der Waals surface area contributed by atoms with Crippen LogP contribution < -0.4 is 4.74 Å². The first-order valence-corrected chi connectivity index (χ1v) is 13.4. The van der Waals surface area contributed by atoms with Gasteiger partial charge in [-0.15, -0.1) is 0 Å². The summed E-state index contributed by atoms with van der Waals surface area (Å²) in [6.07, 6.45) is 3.14. The summed E-state index contributed by atoms with van der Waals surface area (Å²) in [5, 5.41) is 30.1. The highest BCUT2D eigenvalue weighted by molar-refractivity contribution is 6.32. The van der Waals surface area contributed by atoms with E-state index in [-0.39, 0.29) is 31.0 Å². The molecule has 0 spiro atoms. The molecule has 5 nitrogen and oxygen atoms in total. The molecular formula is C29H40Cl2O5. The highest BCUT2D eigenvalue weighted by Crippen LogP contribution is 2.30. The van der Waals surface area contributed by atoms with Crippen LogP contribution in [-0.4, -0.2) is 40.1 Å². The predicted octanol–water partition coefficient (Wildman–Crippen LogP) is 7.06. The van der Waals surface area contributed by atoms with Crippen molar-refractivity contribution in [3.63, 3.8) is 0 Å². The van der Waals surface area contributed by atoms with Gasteiger partial charge in [0.25, 0.3) is 0 Å². The highest BCUT2D eigenvalue weighted by atomic mass is 35.5. The Labute approximate surface area is 225 Å². The summed E-state index contributed by atoms with van der Waals surface area (Å²) in [7, 11) is 0. The Balaban J connectivity index is 1.82. The Hall–Kier alpha value is -1.79. The van der Waals surface area contributed by atoms with Gasteiger partial charge < -0.3 is 20.1 Å². The molecule has 0 aliphatic rings. The monoisotopic (exact) mass is 538 g/mol. The number of halogens is 2. The average molecular weight is 540 g/mol. The van der Waals surface area contributed by atoms with E-state index in [0.717, 1.165) is 41.8 Å². The van der Waals surface area contributed by atoms with Crippen LogP contribution in [0.15, 0.2) is 36.4 Å². The van der Waals surface area contributed by atoms with Gasteiger partial charge in [0.2, 0.25) is 0 Å². The zero-order chi connectivity index (χ0) is 26.9. The van der Waals surface area contributed by atoms with Crippen LogP contribution in [0.4, 0.5) is 0 Å². The van der Waals surface area contributed by atoms with Gasteiger partial charge in [-0.1, -0.05) is 69.1 Å². The van der Waals surface area contributed by atoms with Crippen LogP contribution >= 0.6 is 23.2 Å². The first-order valence-electron chi connectivity index (χ1n) is 12.6. The highest BCUT2D eigenvalue weighted by Gasteiger charge is 2.22. The Morgan fingerprint density at radius 1 is 0.972 bits per heavy atom. The van der Waals surface area contributed by atoms with Crippen molar-refractivity contribution in [2.75, 3.05) is 6.61 Å². The normalized spacial score (nSPS) is 14.3. The molecule has 3 atom stereocenters. The summed E-state index contributed by atoms with van der Waals surface area (Å²) in [6.45, 7) is 8.33. The summed E-state index contributed by atoms with van der Waals surface area (Å²) < 4.78 is 5.55. The number of aryl methyl sites for hydroxylation is 2. The number of ether oxygens (including phenoxy) is 1. The van der Waals surface area contributed by atoms with Crippen LogP contribution in [0.3, 0.4) is 0 Å². The molecule has 2 aromatic carbocycles. The number of aliphatic hydroxyl groups is 2. The molecule has 2 rings (SSSR count). The minimum Gasteiger partial charge on any atom is -0.489 e. The van der Waals surface area contributed by atoms with Crippen LogP contribution in [0, 0.1) is 5.41 Å². The van der Waals surface area contributed by atoms with E-state index in [1.807, 2.05) is 32.9 Å². The van der Waals surface area contributed by atoms with Gasteiger partial charge in [-0.25, -0.2) is 0 Å². The van der Waals surface area contributed by atoms with E-state index < -0.39 is 12.1 Å². The quantitative estimate of drug-likeness (QED) is 0.239. The molecule has 0 fully saturated rings. The third kappa shape index (κ3) is 10.3. The Morgan fingerprint density at radius 3 is 2.31 bits per heavy atom. The fraction of sp³-hybridized carbons (Fsp3) is 0.552. The molecule has 2 unspecified atom stereocenters. The molecule has 0 aromatic heterocycles. The number of rotatable bonds is 14. The van der Waals surface area contributed by atoms with Crippen molar-refractivity contribution >= 4 is 29.2 Å². The largest absolute Gasteiger partial charge is 0.489 e. The standard InChI is InChI=1S/C29H40Cl2O5/c1-19(22-10-9-21(24(30)17-22)11-14-27(33)29(2,3)4)6-5-7-20-8-13-26(25(31)16-20)36-18-23(32)12-15-28(34)35/h8-10,13,16-17,19,23,27,32-33H,5-7,11-12,14-15,18H2,1-4H3,(H,34,35)/t19?,23-,27?/m1/s1. The maximum absolute atomic E-state index is 10.6. The van der Waals surface area contributed by atoms with Crippen molar-refractivity contribution in [3.05, 3.63) is 63.1 Å². The van der Waals surface area contributed by atoms with Gasteiger partial charge in [-0.2, -0.15) is 0 Å². The maximum Gasteiger partial charge on any atom is 0.303 e. The molecule has 0 saturated carbocycles. The Kier molecular flexibility index (Phi) is 12.0. The number of aliphatic carboxylic acids is 1. The third-order valence-corrected chi connectivity index (χ3v) is 7.20. The number of aliphatic hydroxyl groups excluding tert-OH is 2. The number of carboxylic acid groups (broad SMARTS) is 1. The molecule has 7 heteroatoms. The van der Waals surface area contributed by atoms with Crippen LogP contribution in [0.25, 0.3) is 0 Å². The van der Waals surface area contributed by atoms with Crippen molar-refractivity contribution < 1.29 is 24.9 Å². The molecule has 200 valence electrons. The lowest BCUT2D eigenvalue weighted by Gasteiger charge is -2.26. The number of carboxylic acids is 1. The van der Waals surface area contributed by atoms with E-state index >= 15 is 0 Å². The molecule has 0 aliphatic heterocycles. The molecule has 0 heterocycles. The van der Waals surface area contributed by atoms with Crippen molar-refractivity contribution in [2.45, 2.75) is 90.8 Å². The lowest BCUT2D eigenvalue weighted by atomic mass is 9.85. The first-order chi connectivity index (χ1) is 16.9.